The Kier molecular flexibility index (Phi) is 6.40. The first-order chi connectivity index (χ1) is 13.1. The monoisotopic (exact) mass is 384 g/mol. The predicted molar refractivity (Wildman–Crippen MR) is 110 cm³/mol. The first-order valence-electron chi connectivity index (χ1n) is 9.19. The Morgan fingerprint density at radius 3 is 2.59 bits per heavy atom. The number of carbonyl (C=O) groups is 2. The number of esters is 1. The van der Waals surface area contributed by atoms with Crippen LogP contribution in [0.15, 0.2) is 53.4 Å². The van der Waals surface area contributed by atoms with Gasteiger partial charge in [-0.3, -0.25) is 9.69 Å². The van der Waals surface area contributed by atoms with Crippen molar-refractivity contribution < 1.29 is 14.3 Å². The average Bonchev–Trinajstić information content (AvgIpc) is 2.68. The maximum absolute atomic E-state index is 12.9. The van der Waals surface area contributed by atoms with E-state index in [0.29, 0.717) is 24.1 Å². The highest BCUT2D eigenvalue weighted by atomic mass is 32.2. The number of nitrogens with zero attached hydrogens (tertiary/aromatic N) is 1. The molecule has 0 saturated heterocycles. The molecule has 1 N–H and O–H groups in total. The summed E-state index contributed by atoms with van der Waals surface area (Å²) in [6, 6.07) is 15.2. The number of anilines is 2. The zero-order valence-corrected chi connectivity index (χ0v) is 16.4. The molecule has 3 rings (SSSR count). The smallest absolute Gasteiger partial charge is 0.326 e. The molecule has 2 aromatic carbocycles. The number of urea groups is 1. The van der Waals surface area contributed by atoms with Crippen LogP contribution >= 0.6 is 11.8 Å². The minimum atomic E-state index is -0.248. The van der Waals surface area contributed by atoms with Crippen LogP contribution in [-0.4, -0.2) is 30.4 Å². The van der Waals surface area contributed by atoms with Crippen molar-refractivity contribution >= 4 is 35.1 Å². The van der Waals surface area contributed by atoms with Gasteiger partial charge in [0.2, 0.25) is 0 Å². The number of hydrogen-bond donors (Lipinski definition) is 1. The molecular weight excluding hydrogens is 360 g/mol. The normalized spacial score (nSPS) is 15.8. The second-order valence-corrected chi connectivity index (χ2v) is 7.68. The predicted octanol–water partition coefficient (Wildman–Crippen LogP) is 4.72. The van der Waals surface area contributed by atoms with E-state index < -0.39 is 0 Å². The number of fused-ring (bicyclic) bond motifs is 1. The molecule has 142 valence electrons. The zero-order chi connectivity index (χ0) is 19.2. The van der Waals surface area contributed by atoms with Gasteiger partial charge in [0.25, 0.3) is 0 Å². The van der Waals surface area contributed by atoms with Crippen molar-refractivity contribution in [2.45, 2.75) is 36.8 Å². The van der Waals surface area contributed by atoms with Crippen LogP contribution in [0.3, 0.4) is 0 Å². The van der Waals surface area contributed by atoms with Gasteiger partial charge in [-0.05, 0) is 43.2 Å². The minimum Gasteiger partial charge on any atom is -0.466 e. The first-order valence-corrected chi connectivity index (χ1v) is 10.1. The van der Waals surface area contributed by atoms with E-state index in [2.05, 4.69) is 18.3 Å². The number of hydrogen-bond acceptors (Lipinski definition) is 4. The zero-order valence-electron chi connectivity index (χ0n) is 15.6. The number of thioether (sulfide) groups is 1. The van der Waals surface area contributed by atoms with E-state index in [1.54, 1.807) is 6.92 Å². The highest BCUT2D eigenvalue weighted by molar-refractivity contribution is 8.00. The standard InChI is InChI=1S/C21H24N2O3S/c1-3-17-14-23(18-7-5-6-8-19(18)27-17)21(25)22-16-11-9-15(10-12-16)13-20(24)26-4-2/h5-12,17H,3-4,13-14H2,1-2H3,(H,22,25). The van der Waals surface area contributed by atoms with Crippen LogP contribution < -0.4 is 10.2 Å². The lowest BCUT2D eigenvalue weighted by atomic mass is 10.1. The highest BCUT2D eigenvalue weighted by Gasteiger charge is 2.28. The molecule has 0 spiro atoms. The Hall–Kier alpha value is -2.47. The highest BCUT2D eigenvalue weighted by Crippen LogP contribution is 2.39. The lowest BCUT2D eigenvalue weighted by Gasteiger charge is -2.33. The molecule has 0 aromatic heterocycles. The molecule has 2 aromatic rings. The van der Waals surface area contributed by atoms with E-state index in [4.69, 9.17) is 4.74 Å². The first kappa shape index (κ1) is 19.3. The van der Waals surface area contributed by atoms with Crippen molar-refractivity contribution in [1.29, 1.82) is 0 Å². The van der Waals surface area contributed by atoms with Crippen molar-refractivity contribution in [3.63, 3.8) is 0 Å². The molecule has 6 heteroatoms. The molecule has 0 saturated carbocycles. The van der Waals surface area contributed by atoms with Crippen LogP contribution in [0.4, 0.5) is 16.2 Å². The molecule has 1 unspecified atom stereocenters. The third-order valence-electron chi connectivity index (χ3n) is 4.40. The molecule has 0 bridgehead atoms. The molecule has 5 nitrogen and oxygen atoms in total. The molecule has 0 aliphatic carbocycles. The van der Waals surface area contributed by atoms with E-state index in [9.17, 15) is 9.59 Å². The Labute approximate surface area is 164 Å². The van der Waals surface area contributed by atoms with E-state index >= 15 is 0 Å². The van der Waals surface area contributed by atoms with Crippen LogP contribution in [0, 0.1) is 0 Å². The molecule has 1 aliphatic rings. The summed E-state index contributed by atoms with van der Waals surface area (Å²) in [5.41, 5.74) is 2.51. The van der Waals surface area contributed by atoms with Crippen LogP contribution in [0.25, 0.3) is 0 Å². The van der Waals surface area contributed by atoms with Gasteiger partial charge in [0, 0.05) is 22.4 Å². The molecule has 27 heavy (non-hydrogen) atoms. The van der Waals surface area contributed by atoms with Crippen LogP contribution in [0.2, 0.25) is 0 Å². The Bertz CT molecular complexity index is 807. The summed E-state index contributed by atoms with van der Waals surface area (Å²) in [7, 11) is 0. The van der Waals surface area contributed by atoms with Crippen LogP contribution in [0.1, 0.15) is 25.8 Å². The molecule has 1 atom stereocenters. The largest absolute Gasteiger partial charge is 0.466 e. The van der Waals surface area contributed by atoms with Gasteiger partial charge in [-0.15, -0.1) is 11.8 Å². The fraction of sp³-hybridized carbons (Fsp3) is 0.333. The van der Waals surface area contributed by atoms with E-state index in [-0.39, 0.29) is 18.4 Å². The lowest BCUT2D eigenvalue weighted by molar-refractivity contribution is -0.142. The van der Waals surface area contributed by atoms with Gasteiger partial charge >= 0.3 is 12.0 Å². The van der Waals surface area contributed by atoms with Crippen molar-refractivity contribution in [2.24, 2.45) is 0 Å². The summed E-state index contributed by atoms with van der Waals surface area (Å²) in [5.74, 6) is -0.248. The second kappa shape index (κ2) is 8.95. The number of amides is 2. The molecule has 2 amide bonds. The van der Waals surface area contributed by atoms with Crippen molar-refractivity contribution in [1.82, 2.24) is 0 Å². The van der Waals surface area contributed by atoms with Gasteiger partial charge in [0.15, 0.2) is 0 Å². The Morgan fingerprint density at radius 2 is 1.89 bits per heavy atom. The average molecular weight is 385 g/mol. The SMILES string of the molecule is CCOC(=O)Cc1ccc(NC(=O)N2CC(CC)Sc3ccccc32)cc1. The van der Waals surface area contributed by atoms with Gasteiger partial charge in [-0.1, -0.05) is 31.2 Å². The van der Waals surface area contributed by atoms with Gasteiger partial charge < -0.3 is 10.1 Å². The van der Waals surface area contributed by atoms with Crippen molar-refractivity contribution in [3.05, 3.63) is 54.1 Å². The Morgan fingerprint density at radius 1 is 1.15 bits per heavy atom. The molecule has 0 radical (unpaired) electrons. The van der Waals surface area contributed by atoms with Gasteiger partial charge in [-0.25, -0.2) is 4.79 Å². The summed E-state index contributed by atoms with van der Waals surface area (Å²) in [4.78, 5) is 27.4. The van der Waals surface area contributed by atoms with Crippen LogP contribution in [-0.2, 0) is 16.0 Å². The number of nitrogens with one attached hydrogen (secondary N) is 1. The van der Waals surface area contributed by atoms with Crippen LogP contribution in [0.5, 0.6) is 0 Å². The maximum Gasteiger partial charge on any atom is 0.326 e. The number of para-hydroxylation sites is 1. The Balaban J connectivity index is 1.69. The van der Waals surface area contributed by atoms with Gasteiger partial charge in [-0.2, -0.15) is 0 Å². The summed E-state index contributed by atoms with van der Waals surface area (Å²) < 4.78 is 4.96. The van der Waals surface area contributed by atoms with E-state index in [1.807, 2.05) is 59.1 Å². The second-order valence-electron chi connectivity index (χ2n) is 6.34. The number of carbonyl (C=O) groups excluding carboxylic acids is 2. The van der Waals surface area contributed by atoms with Gasteiger partial charge in [0.1, 0.15) is 0 Å². The third kappa shape index (κ3) is 4.83. The summed E-state index contributed by atoms with van der Waals surface area (Å²) in [5, 5.41) is 3.35. The lowest BCUT2D eigenvalue weighted by Crippen LogP contribution is -2.41. The third-order valence-corrected chi connectivity index (χ3v) is 5.81. The summed E-state index contributed by atoms with van der Waals surface area (Å²) in [6.45, 7) is 4.99. The number of benzene rings is 2. The molecule has 1 heterocycles. The fourth-order valence-corrected chi connectivity index (χ4v) is 4.18. The maximum atomic E-state index is 12.9. The number of rotatable bonds is 5. The fourth-order valence-electron chi connectivity index (χ4n) is 2.98. The van der Waals surface area contributed by atoms with Gasteiger partial charge in [0.05, 0.1) is 18.7 Å². The number of ether oxygens (including phenoxy) is 1. The molecule has 0 fully saturated rings. The van der Waals surface area contributed by atoms with Crippen molar-refractivity contribution in [3.8, 4) is 0 Å². The topological polar surface area (TPSA) is 58.6 Å². The van der Waals surface area contributed by atoms with E-state index in [0.717, 1.165) is 22.6 Å². The molecular formula is C21H24N2O3S. The quantitative estimate of drug-likeness (QED) is 0.758. The van der Waals surface area contributed by atoms with Crippen molar-refractivity contribution in [2.75, 3.05) is 23.4 Å². The summed E-state index contributed by atoms with van der Waals surface area (Å²) in [6.07, 6.45) is 1.24. The van der Waals surface area contributed by atoms with E-state index in [1.165, 1.54) is 0 Å². The minimum absolute atomic E-state index is 0.139. The summed E-state index contributed by atoms with van der Waals surface area (Å²) >= 11 is 1.83. The molecule has 1 aliphatic heterocycles.